The highest BCUT2D eigenvalue weighted by Crippen LogP contribution is 2.18. The van der Waals surface area contributed by atoms with E-state index in [1.54, 1.807) is 11.3 Å². The van der Waals surface area contributed by atoms with E-state index in [-0.39, 0.29) is 24.0 Å². The second-order valence-corrected chi connectivity index (χ2v) is 7.27. The smallest absolute Gasteiger partial charge is 0.191 e. The second kappa shape index (κ2) is 11.3. The number of halogens is 1. The van der Waals surface area contributed by atoms with Crippen LogP contribution in [0, 0.1) is 6.92 Å². The first-order chi connectivity index (χ1) is 12.7. The zero-order valence-corrected chi connectivity index (χ0v) is 18.9. The van der Waals surface area contributed by atoms with Gasteiger partial charge in [-0.2, -0.15) is 0 Å². The van der Waals surface area contributed by atoms with Crippen LogP contribution in [0.25, 0.3) is 0 Å². The van der Waals surface area contributed by atoms with Crippen molar-refractivity contribution < 1.29 is 4.74 Å². The molecule has 0 atom stereocenters. The molecule has 2 heterocycles. The monoisotopic (exact) mass is 501 g/mol. The normalized spacial score (nSPS) is 14.8. The van der Waals surface area contributed by atoms with Crippen LogP contribution in [0.5, 0.6) is 5.75 Å². The standard InChI is InChI=1S/C19H27N5OS.HI/c1-16-4-6-17(7-5-16)25-14-3-2-8-21-18(20)23-10-12-24(13-11-23)19-22-9-15-26-19;/h4-7,9,15H,2-3,8,10-14H2,1H3,(H2,20,21);1H. The van der Waals surface area contributed by atoms with Crippen molar-refractivity contribution in [1.82, 2.24) is 9.88 Å². The number of anilines is 1. The van der Waals surface area contributed by atoms with Crippen LogP contribution in [0.15, 0.2) is 40.8 Å². The van der Waals surface area contributed by atoms with Crippen LogP contribution >= 0.6 is 35.3 Å². The largest absolute Gasteiger partial charge is 0.494 e. The topological polar surface area (TPSA) is 67.0 Å². The van der Waals surface area contributed by atoms with Gasteiger partial charge in [-0.25, -0.2) is 4.98 Å². The summed E-state index contributed by atoms with van der Waals surface area (Å²) >= 11 is 1.68. The maximum Gasteiger partial charge on any atom is 0.191 e. The molecule has 148 valence electrons. The van der Waals surface area contributed by atoms with Crippen LogP contribution < -0.4 is 15.4 Å². The Hall–Kier alpha value is -1.55. The SMILES string of the molecule is Cc1ccc(OCCCCN=C(N)N2CCN(c3nccs3)CC2)cc1.I. The van der Waals surface area contributed by atoms with Crippen LogP contribution in [-0.4, -0.2) is 55.2 Å². The third-order valence-electron chi connectivity index (χ3n) is 4.41. The van der Waals surface area contributed by atoms with E-state index in [4.69, 9.17) is 10.5 Å². The molecule has 6 nitrogen and oxygen atoms in total. The van der Waals surface area contributed by atoms with Crippen molar-refractivity contribution >= 4 is 46.4 Å². The van der Waals surface area contributed by atoms with E-state index in [9.17, 15) is 0 Å². The summed E-state index contributed by atoms with van der Waals surface area (Å²) in [6, 6.07) is 8.15. The molecule has 3 rings (SSSR count). The highest BCUT2D eigenvalue weighted by molar-refractivity contribution is 14.0. The van der Waals surface area contributed by atoms with Gasteiger partial charge in [-0.3, -0.25) is 4.99 Å². The lowest BCUT2D eigenvalue weighted by atomic mass is 10.2. The molecule has 1 fully saturated rings. The van der Waals surface area contributed by atoms with Crippen molar-refractivity contribution in [2.75, 3.05) is 44.2 Å². The lowest BCUT2D eigenvalue weighted by molar-refractivity contribution is 0.307. The zero-order chi connectivity index (χ0) is 18.2. The van der Waals surface area contributed by atoms with Gasteiger partial charge >= 0.3 is 0 Å². The van der Waals surface area contributed by atoms with Crippen LogP contribution in [0.4, 0.5) is 5.13 Å². The zero-order valence-electron chi connectivity index (χ0n) is 15.7. The second-order valence-electron chi connectivity index (χ2n) is 6.40. The number of benzene rings is 1. The molecule has 1 aromatic heterocycles. The number of thiazole rings is 1. The Bertz CT molecular complexity index is 685. The molecule has 1 aliphatic heterocycles. The predicted octanol–water partition coefficient (Wildman–Crippen LogP) is 3.37. The summed E-state index contributed by atoms with van der Waals surface area (Å²) in [6.07, 6.45) is 3.80. The Balaban J connectivity index is 0.00000261. The molecule has 0 bridgehead atoms. The molecule has 2 N–H and O–H groups in total. The molecule has 0 amide bonds. The Labute approximate surface area is 182 Å². The summed E-state index contributed by atoms with van der Waals surface area (Å²) in [4.78, 5) is 13.4. The van der Waals surface area contributed by atoms with E-state index < -0.39 is 0 Å². The fourth-order valence-corrected chi connectivity index (χ4v) is 3.53. The average Bonchev–Trinajstić information content (AvgIpc) is 3.21. The molecule has 8 heteroatoms. The number of nitrogens with two attached hydrogens (primary N) is 1. The van der Waals surface area contributed by atoms with Crippen LogP contribution in [0.2, 0.25) is 0 Å². The fourth-order valence-electron chi connectivity index (χ4n) is 2.83. The Morgan fingerprint density at radius 2 is 1.93 bits per heavy atom. The van der Waals surface area contributed by atoms with Crippen molar-refractivity contribution in [2.24, 2.45) is 10.7 Å². The first-order valence-electron chi connectivity index (χ1n) is 9.11. The maximum atomic E-state index is 6.15. The number of ether oxygens (including phenoxy) is 1. The summed E-state index contributed by atoms with van der Waals surface area (Å²) < 4.78 is 5.73. The number of hydrogen-bond donors (Lipinski definition) is 1. The number of aryl methyl sites for hydroxylation is 1. The summed E-state index contributed by atoms with van der Waals surface area (Å²) in [5.41, 5.74) is 7.39. The van der Waals surface area contributed by atoms with Crippen LogP contribution in [-0.2, 0) is 0 Å². The molecule has 27 heavy (non-hydrogen) atoms. The van der Waals surface area contributed by atoms with Crippen molar-refractivity contribution in [3.8, 4) is 5.75 Å². The minimum absolute atomic E-state index is 0. The Kier molecular flexibility index (Phi) is 9.12. The van der Waals surface area contributed by atoms with E-state index in [1.807, 2.05) is 23.7 Å². The highest BCUT2D eigenvalue weighted by Gasteiger charge is 2.19. The number of aromatic nitrogens is 1. The van der Waals surface area contributed by atoms with Gasteiger partial charge in [-0.1, -0.05) is 17.7 Å². The molecule has 0 aliphatic carbocycles. The van der Waals surface area contributed by atoms with Crippen LogP contribution in [0.3, 0.4) is 0 Å². The number of hydrogen-bond acceptors (Lipinski definition) is 5. The molecule has 0 radical (unpaired) electrons. The van der Waals surface area contributed by atoms with Crippen molar-refractivity contribution in [3.63, 3.8) is 0 Å². The third kappa shape index (κ3) is 6.84. The Morgan fingerprint density at radius 1 is 1.19 bits per heavy atom. The molecular weight excluding hydrogens is 473 g/mol. The number of piperazine rings is 1. The van der Waals surface area contributed by atoms with E-state index in [2.05, 4.69) is 38.8 Å². The number of unbranched alkanes of at least 4 members (excludes halogenated alkanes) is 1. The number of rotatable bonds is 7. The van der Waals surface area contributed by atoms with Gasteiger partial charge in [0.05, 0.1) is 6.61 Å². The lowest BCUT2D eigenvalue weighted by Gasteiger charge is -2.35. The molecule has 0 unspecified atom stereocenters. The molecule has 1 aromatic carbocycles. The van der Waals surface area contributed by atoms with Crippen molar-refractivity contribution in [3.05, 3.63) is 41.4 Å². The number of guanidine groups is 1. The minimum atomic E-state index is 0. The van der Waals surface area contributed by atoms with Gasteiger partial charge in [0.25, 0.3) is 0 Å². The van der Waals surface area contributed by atoms with Gasteiger partial charge in [0.1, 0.15) is 5.75 Å². The summed E-state index contributed by atoms with van der Waals surface area (Å²) in [7, 11) is 0. The van der Waals surface area contributed by atoms with E-state index >= 15 is 0 Å². The molecule has 1 saturated heterocycles. The molecule has 0 saturated carbocycles. The summed E-state index contributed by atoms with van der Waals surface area (Å²) in [5, 5.41) is 3.11. The van der Waals surface area contributed by atoms with Gasteiger partial charge in [-0.05, 0) is 31.9 Å². The first-order valence-corrected chi connectivity index (χ1v) is 9.99. The van der Waals surface area contributed by atoms with Gasteiger partial charge < -0.3 is 20.3 Å². The predicted molar refractivity (Wildman–Crippen MR) is 124 cm³/mol. The minimum Gasteiger partial charge on any atom is -0.494 e. The maximum absolute atomic E-state index is 6.15. The van der Waals surface area contributed by atoms with Gasteiger partial charge in [-0.15, -0.1) is 35.3 Å². The van der Waals surface area contributed by atoms with E-state index in [0.29, 0.717) is 12.6 Å². The quantitative estimate of drug-likeness (QED) is 0.273. The third-order valence-corrected chi connectivity index (χ3v) is 5.24. The highest BCUT2D eigenvalue weighted by atomic mass is 127. The van der Waals surface area contributed by atoms with Gasteiger partial charge in [0.15, 0.2) is 11.1 Å². The lowest BCUT2D eigenvalue weighted by Crippen LogP contribution is -2.51. The summed E-state index contributed by atoms with van der Waals surface area (Å²) in [5.74, 6) is 1.58. The molecule has 0 spiro atoms. The van der Waals surface area contributed by atoms with Crippen molar-refractivity contribution in [2.45, 2.75) is 19.8 Å². The summed E-state index contributed by atoms with van der Waals surface area (Å²) in [6.45, 7) is 7.20. The van der Waals surface area contributed by atoms with Crippen molar-refractivity contribution in [1.29, 1.82) is 0 Å². The molecule has 2 aromatic rings. The van der Waals surface area contributed by atoms with Gasteiger partial charge in [0.2, 0.25) is 0 Å². The van der Waals surface area contributed by atoms with E-state index in [0.717, 1.165) is 56.4 Å². The Morgan fingerprint density at radius 3 is 2.59 bits per heavy atom. The molecule has 1 aliphatic rings. The van der Waals surface area contributed by atoms with Gasteiger partial charge in [0, 0.05) is 44.3 Å². The number of nitrogens with zero attached hydrogens (tertiary/aromatic N) is 4. The van der Waals surface area contributed by atoms with Crippen LogP contribution in [0.1, 0.15) is 18.4 Å². The molecular formula is C19H28IN5OS. The fraction of sp³-hybridized carbons (Fsp3) is 0.474. The first kappa shape index (κ1) is 21.7. The number of aliphatic imine (C=N–C) groups is 1. The average molecular weight is 501 g/mol. The van der Waals surface area contributed by atoms with E-state index in [1.165, 1.54) is 5.56 Å².